The maximum Gasteiger partial charge on any atom is 0.283 e. The molecule has 0 heterocycles. The molecule has 0 saturated heterocycles. The van der Waals surface area contributed by atoms with Gasteiger partial charge in [0.15, 0.2) is 0 Å². The number of nitrogens with zero attached hydrogens (tertiary/aromatic N) is 1. The quantitative estimate of drug-likeness (QED) is 0.629. The van der Waals surface area contributed by atoms with Crippen LogP contribution in [0, 0.1) is 10.1 Å². The Bertz CT molecular complexity index is 461. The lowest BCUT2D eigenvalue weighted by molar-refractivity contribution is -0.385. The fourth-order valence-electron chi connectivity index (χ4n) is 1.47. The molecule has 1 rings (SSSR count). The predicted octanol–water partition coefficient (Wildman–Crippen LogP) is 1.72. The Morgan fingerprint density at radius 1 is 1.61 bits per heavy atom. The van der Waals surface area contributed by atoms with Crippen LogP contribution in [0.25, 0.3) is 0 Å². The number of hydrogen-bond donors (Lipinski definition) is 2. The molecule has 6 nitrogen and oxygen atoms in total. The van der Waals surface area contributed by atoms with Crippen LogP contribution < -0.4 is 11.1 Å². The van der Waals surface area contributed by atoms with Crippen molar-refractivity contribution in [2.45, 2.75) is 19.4 Å². The Balaban J connectivity index is 3.08. The predicted molar refractivity (Wildman–Crippen MR) is 68.7 cm³/mol. The molecule has 1 atom stereocenters. The van der Waals surface area contributed by atoms with Gasteiger partial charge in [-0.25, -0.2) is 0 Å². The topological polar surface area (TPSA) is 98.3 Å². The number of nitro groups is 1. The molecule has 0 spiro atoms. The molecule has 1 unspecified atom stereocenters. The number of rotatable bonds is 5. The highest BCUT2D eigenvalue weighted by Crippen LogP contribution is 2.26. The van der Waals surface area contributed by atoms with Gasteiger partial charge in [0.25, 0.3) is 11.6 Å². The smallest absolute Gasteiger partial charge is 0.283 e. The molecule has 0 radical (unpaired) electrons. The number of halogens is 1. The number of benzene rings is 1. The lowest BCUT2D eigenvalue weighted by Gasteiger charge is -2.15. The monoisotopic (exact) mass is 271 g/mol. The molecular weight excluding hydrogens is 258 g/mol. The van der Waals surface area contributed by atoms with Gasteiger partial charge in [0.05, 0.1) is 9.95 Å². The number of amides is 1. The van der Waals surface area contributed by atoms with Gasteiger partial charge in [0, 0.05) is 18.7 Å². The minimum absolute atomic E-state index is 0.0496. The van der Waals surface area contributed by atoms with Crippen molar-refractivity contribution in [3.8, 4) is 0 Å². The molecule has 0 aliphatic rings. The van der Waals surface area contributed by atoms with Crippen molar-refractivity contribution >= 4 is 23.2 Å². The first-order valence-corrected chi connectivity index (χ1v) is 5.82. The molecule has 1 aromatic carbocycles. The van der Waals surface area contributed by atoms with Crippen LogP contribution in [0.1, 0.15) is 23.7 Å². The van der Waals surface area contributed by atoms with Crippen LogP contribution in [0.2, 0.25) is 5.02 Å². The van der Waals surface area contributed by atoms with Gasteiger partial charge in [-0.05, 0) is 12.5 Å². The molecule has 98 valence electrons. The zero-order valence-corrected chi connectivity index (χ0v) is 10.6. The van der Waals surface area contributed by atoms with Crippen LogP contribution >= 0.6 is 11.6 Å². The van der Waals surface area contributed by atoms with Crippen molar-refractivity contribution in [1.29, 1.82) is 0 Å². The summed E-state index contributed by atoms with van der Waals surface area (Å²) in [4.78, 5) is 22.2. The van der Waals surface area contributed by atoms with Crippen LogP contribution in [0.3, 0.4) is 0 Å². The second-order valence-corrected chi connectivity index (χ2v) is 4.11. The van der Waals surface area contributed by atoms with Crippen molar-refractivity contribution < 1.29 is 9.72 Å². The van der Waals surface area contributed by atoms with Gasteiger partial charge in [-0.3, -0.25) is 14.9 Å². The third-order valence-corrected chi connectivity index (χ3v) is 2.84. The third-order valence-electron chi connectivity index (χ3n) is 2.53. The first-order valence-electron chi connectivity index (χ1n) is 5.45. The van der Waals surface area contributed by atoms with Crippen LogP contribution in [0.4, 0.5) is 5.69 Å². The van der Waals surface area contributed by atoms with Gasteiger partial charge in [-0.15, -0.1) is 0 Å². The summed E-state index contributed by atoms with van der Waals surface area (Å²) in [6, 6.07) is 3.88. The van der Waals surface area contributed by atoms with Gasteiger partial charge in [0.1, 0.15) is 5.56 Å². The lowest BCUT2D eigenvalue weighted by atomic mass is 10.1. The molecule has 1 aromatic rings. The second-order valence-electron chi connectivity index (χ2n) is 3.71. The number of nitro benzene ring substituents is 1. The largest absolute Gasteiger partial charge is 0.348 e. The van der Waals surface area contributed by atoms with E-state index in [0.29, 0.717) is 6.42 Å². The van der Waals surface area contributed by atoms with Crippen molar-refractivity contribution in [3.05, 3.63) is 38.9 Å². The number of carbonyl (C=O) groups is 1. The number of nitrogens with one attached hydrogen (secondary N) is 1. The van der Waals surface area contributed by atoms with Gasteiger partial charge >= 0.3 is 0 Å². The normalized spacial score (nSPS) is 11.9. The summed E-state index contributed by atoms with van der Waals surface area (Å²) in [5, 5.41) is 13.5. The average molecular weight is 272 g/mol. The molecule has 0 saturated carbocycles. The molecule has 3 N–H and O–H groups in total. The molecule has 0 bridgehead atoms. The average Bonchev–Trinajstić information content (AvgIpc) is 2.35. The van der Waals surface area contributed by atoms with E-state index in [1.165, 1.54) is 18.2 Å². The van der Waals surface area contributed by atoms with E-state index in [-0.39, 0.29) is 28.9 Å². The second kappa shape index (κ2) is 6.32. The van der Waals surface area contributed by atoms with Crippen LogP contribution in [-0.2, 0) is 0 Å². The maximum absolute atomic E-state index is 12.0. The van der Waals surface area contributed by atoms with Gasteiger partial charge < -0.3 is 11.1 Å². The Labute approximate surface area is 109 Å². The number of carbonyl (C=O) groups excluding carboxylic acids is 1. The zero-order chi connectivity index (χ0) is 13.7. The van der Waals surface area contributed by atoms with E-state index >= 15 is 0 Å². The molecule has 1 amide bonds. The molecule has 0 fully saturated rings. The minimum atomic E-state index is -0.635. The molecule has 18 heavy (non-hydrogen) atoms. The Morgan fingerprint density at radius 2 is 2.28 bits per heavy atom. The maximum atomic E-state index is 12.0. The van der Waals surface area contributed by atoms with Crippen molar-refractivity contribution in [2.75, 3.05) is 6.54 Å². The molecule has 0 aromatic heterocycles. The number of hydrogen-bond acceptors (Lipinski definition) is 4. The summed E-state index contributed by atoms with van der Waals surface area (Å²) in [7, 11) is 0. The fraction of sp³-hybridized carbons (Fsp3) is 0.364. The standard InChI is InChI=1S/C11H14ClN3O3/c1-2-7(6-13)14-11(16)10-8(12)4-3-5-9(10)15(17)18/h3-5,7H,2,6,13H2,1H3,(H,14,16). The summed E-state index contributed by atoms with van der Waals surface area (Å²) < 4.78 is 0. The van der Waals surface area contributed by atoms with Crippen LogP contribution in [0.15, 0.2) is 18.2 Å². The SMILES string of the molecule is CCC(CN)NC(=O)c1c(Cl)cccc1[N+](=O)[O-]. The highest BCUT2D eigenvalue weighted by Gasteiger charge is 2.24. The summed E-state index contributed by atoms with van der Waals surface area (Å²) in [6.07, 6.45) is 0.639. The van der Waals surface area contributed by atoms with E-state index in [1.807, 2.05) is 6.92 Å². The summed E-state index contributed by atoms with van der Waals surface area (Å²) in [5.41, 5.74) is 5.02. The van der Waals surface area contributed by atoms with Crippen molar-refractivity contribution in [1.82, 2.24) is 5.32 Å². The Morgan fingerprint density at radius 3 is 2.78 bits per heavy atom. The van der Waals surface area contributed by atoms with E-state index in [4.69, 9.17) is 17.3 Å². The van der Waals surface area contributed by atoms with E-state index in [0.717, 1.165) is 0 Å². The van der Waals surface area contributed by atoms with Crippen LogP contribution in [-0.4, -0.2) is 23.4 Å². The van der Waals surface area contributed by atoms with Gasteiger partial charge in [-0.1, -0.05) is 24.6 Å². The Kier molecular flexibility index (Phi) is 5.06. The van der Waals surface area contributed by atoms with Gasteiger partial charge in [0.2, 0.25) is 0 Å². The first-order chi connectivity index (χ1) is 8.51. The summed E-state index contributed by atoms with van der Waals surface area (Å²) >= 11 is 5.84. The summed E-state index contributed by atoms with van der Waals surface area (Å²) in [5.74, 6) is -0.579. The Hall–Kier alpha value is -1.66. The third kappa shape index (κ3) is 3.18. The van der Waals surface area contributed by atoms with E-state index in [9.17, 15) is 14.9 Å². The fourth-order valence-corrected chi connectivity index (χ4v) is 1.73. The minimum Gasteiger partial charge on any atom is -0.348 e. The zero-order valence-electron chi connectivity index (χ0n) is 9.85. The first kappa shape index (κ1) is 14.4. The van der Waals surface area contributed by atoms with Crippen LogP contribution in [0.5, 0.6) is 0 Å². The molecule has 0 aliphatic heterocycles. The molecule has 0 aliphatic carbocycles. The van der Waals surface area contributed by atoms with E-state index in [1.54, 1.807) is 0 Å². The highest BCUT2D eigenvalue weighted by molar-refractivity contribution is 6.34. The van der Waals surface area contributed by atoms with Gasteiger partial charge in [-0.2, -0.15) is 0 Å². The lowest BCUT2D eigenvalue weighted by Crippen LogP contribution is -2.40. The molecular formula is C11H14ClN3O3. The van der Waals surface area contributed by atoms with E-state index in [2.05, 4.69) is 5.32 Å². The molecule has 7 heteroatoms. The van der Waals surface area contributed by atoms with E-state index < -0.39 is 10.8 Å². The van der Waals surface area contributed by atoms with Crippen molar-refractivity contribution in [3.63, 3.8) is 0 Å². The highest BCUT2D eigenvalue weighted by atomic mass is 35.5. The summed E-state index contributed by atoms with van der Waals surface area (Å²) in [6.45, 7) is 2.12. The van der Waals surface area contributed by atoms with Crippen molar-refractivity contribution in [2.24, 2.45) is 5.73 Å². The number of nitrogens with two attached hydrogens (primary N) is 1.